The van der Waals surface area contributed by atoms with Crippen molar-refractivity contribution in [1.82, 2.24) is 15.1 Å². The Morgan fingerprint density at radius 3 is 2.81 bits per heavy atom. The largest absolute Gasteiger partial charge is 0.323 e. The molecule has 0 aliphatic carbocycles. The van der Waals surface area contributed by atoms with Crippen LogP contribution >= 0.6 is 0 Å². The van der Waals surface area contributed by atoms with E-state index in [1.54, 1.807) is 4.68 Å². The number of aromatic nitrogens is 2. The molecule has 1 amide bonds. The summed E-state index contributed by atoms with van der Waals surface area (Å²) < 4.78 is 1.69. The van der Waals surface area contributed by atoms with Gasteiger partial charge in [0.25, 0.3) is 0 Å². The number of amides is 1. The van der Waals surface area contributed by atoms with Crippen LogP contribution in [0.2, 0.25) is 0 Å². The summed E-state index contributed by atoms with van der Waals surface area (Å²) in [5, 5.41) is 10.2. The fourth-order valence-electron chi connectivity index (χ4n) is 1.62. The van der Waals surface area contributed by atoms with Crippen molar-refractivity contribution in [2.75, 3.05) is 11.9 Å². The summed E-state index contributed by atoms with van der Waals surface area (Å²) in [5.41, 5.74) is 1.63. The molecule has 1 unspecified atom stereocenters. The van der Waals surface area contributed by atoms with E-state index < -0.39 is 0 Å². The molecule has 0 spiro atoms. The quantitative estimate of drug-likeness (QED) is 0.786. The van der Waals surface area contributed by atoms with E-state index in [1.165, 1.54) is 0 Å². The number of hydrogen-bond donors (Lipinski definition) is 2. The first-order chi connectivity index (χ1) is 7.52. The molecule has 0 fully saturated rings. The van der Waals surface area contributed by atoms with Gasteiger partial charge in [-0.3, -0.25) is 9.48 Å². The first-order valence-electron chi connectivity index (χ1n) is 5.56. The van der Waals surface area contributed by atoms with Crippen molar-refractivity contribution in [3.8, 4) is 0 Å². The smallest absolute Gasteiger partial charge is 0.226 e. The summed E-state index contributed by atoms with van der Waals surface area (Å²) in [5.74, 6) is 0.0181. The highest BCUT2D eigenvalue weighted by Crippen LogP contribution is 2.11. The zero-order chi connectivity index (χ0) is 12.1. The van der Waals surface area contributed by atoms with E-state index in [-0.39, 0.29) is 11.9 Å². The number of aryl methyl sites for hydroxylation is 2. The third-order valence-corrected chi connectivity index (χ3v) is 2.33. The molecule has 0 bridgehead atoms. The molecule has 0 aliphatic rings. The fraction of sp³-hybridized carbons (Fsp3) is 0.636. The maximum absolute atomic E-state index is 11.7. The second-order valence-corrected chi connectivity index (χ2v) is 4.01. The molecule has 0 aromatic carbocycles. The topological polar surface area (TPSA) is 59.0 Å². The molecule has 1 atom stereocenters. The molecular formula is C11H20N4O. The second kappa shape index (κ2) is 5.65. The lowest BCUT2D eigenvalue weighted by Gasteiger charge is -2.11. The zero-order valence-corrected chi connectivity index (χ0v) is 10.4. The van der Waals surface area contributed by atoms with Crippen molar-refractivity contribution in [2.24, 2.45) is 7.05 Å². The molecule has 1 aromatic rings. The Kier molecular flexibility index (Phi) is 4.49. The molecule has 16 heavy (non-hydrogen) atoms. The number of hydrogen-bond acceptors (Lipinski definition) is 3. The molecule has 0 saturated carbocycles. The minimum atomic E-state index is 0.0181. The molecule has 0 saturated heterocycles. The number of carbonyl (C=O) groups is 1. The van der Waals surface area contributed by atoms with Crippen LogP contribution in [0.15, 0.2) is 6.20 Å². The van der Waals surface area contributed by atoms with Gasteiger partial charge in [0.2, 0.25) is 5.91 Å². The van der Waals surface area contributed by atoms with E-state index in [1.807, 2.05) is 34.0 Å². The van der Waals surface area contributed by atoms with Gasteiger partial charge in [0.1, 0.15) is 0 Å². The SMILES string of the molecule is CCNC(C)CC(=O)Nc1cn(C)nc1C. The number of carbonyl (C=O) groups excluding carboxylic acids is 1. The van der Waals surface area contributed by atoms with Crippen molar-refractivity contribution >= 4 is 11.6 Å². The van der Waals surface area contributed by atoms with Crippen molar-refractivity contribution in [3.63, 3.8) is 0 Å². The van der Waals surface area contributed by atoms with Gasteiger partial charge in [0.05, 0.1) is 11.4 Å². The minimum Gasteiger partial charge on any atom is -0.323 e. The molecule has 0 radical (unpaired) electrons. The summed E-state index contributed by atoms with van der Waals surface area (Å²) in [4.78, 5) is 11.7. The average molecular weight is 224 g/mol. The Bertz CT molecular complexity index is 359. The van der Waals surface area contributed by atoms with Crippen molar-refractivity contribution in [1.29, 1.82) is 0 Å². The van der Waals surface area contributed by atoms with Crippen LogP contribution in [0.1, 0.15) is 26.0 Å². The van der Waals surface area contributed by atoms with E-state index in [0.29, 0.717) is 6.42 Å². The molecule has 5 nitrogen and oxygen atoms in total. The summed E-state index contributed by atoms with van der Waals surface area (Å²) in [6.07, 6.45) is 2.29. The van der Waals surface area contributed by atoms with Crippen LogP contribution in [0, 0.1) is 6.92 Å². The van der Waals surface area contributed by atoms with Gasteiger partial charge < -0.3 is 10.6 Å². The molecule has 2 N–H and O–H groups in total. The van der Waals surface area contributed by atoms with Gasteiger partial charge in [0.15, 0.2) is 0 Å². The van der Waals surface area contributed by atoms with Crippen LogP contribution in [-0.4, -0.2) is 28.3 Å². The number of rotatable bonds is 5. The summed E-state index contributed by atoms with van der Waals surface area (Å²) in [6.45, 7) is 6.78. The highest BCUT2D eigenvalue weighted by Gasteiger charge is 2.10. The lowest BCUT2D eigenvalue weighted by Crippen LogP contribution is -2.30. The first kappa shape index (κ1) is 12.7. The Morgan fingerprint density at radius 1 is 1.62 bits per heavy atom. The van der Waals surface area contributed by atoms with Crippen LogP contribution in [0.5, 0.6) is 0 Å². The van der Waals surface area contributed by atoms with E-state index in [4.69, 9.17) is 0 Å². The lowest BCUT2D eigenvalue weighted by molar-refractivity contribution is -0.116. The zero-order valence-electron chi connectivity index (χ0n) is 10.4. The standard InChI is InChI=1S/C11H20N4O/c1-5-12-8(2)6-11(16)13-10-7-15(4)14-9(10)3/h7-8,12H,5-6H2,1-4H3,(H,13,16). The van der Waals surface area contributed by atoms with Gasteiger partial charge in [-0.25, -0.2) is 0 Å². The van der Waals surface area contributed by atoms with Crippen LogP contribution in [0.3, 0.4) is 0 Å². The van der Waals surface area contributed by atoms with Crippen molar-refractivity contribution in [2.45, 2.75) is 33.2 Å². The summed E-state index contributed by atoms with van der Waals surface area (Å²) in [7, 11) is 1.84. The van der Waals surface area contributed by atoms with Crippen LogP contribution in [0.4, 0.5) is 5.69 Å². The molecule has 1 aromatic heterocycles. The Morgan fingerprint density at radius 2 is 2.31 bits per heavy atom. The Hall–Kier alpha value is -1.36. The highest BCUT2D eigenvalue weighted by atomic mass is 16.1. The van der Waals surface area contributed by atoms with Gasteiger partial charge in [-0.15, -0.1) is 0 Å². The van der Waals surface area contributed by atoms with Gasteiger partial charge in [0, 0.05) is 25.7 Å². The van der Waals surface area contributed by atoms with Crippen molar-refractivity contribution in [3.05, 3.63) is 11.9 Å². The second-order valence-electron chi connectivity index (χ2n) is 4.01. The minimum absolute atomic E-state index is 0.0181. The normalized spacial score (nSPS) is 12.5. The van der Waals surface area contributed by atoms with Crippen molar-refractivity contribution < 1.29 is 4.79 Å². The van der Waals surface area contributed by atoms with Gasteiger partial charge in [-0.2, -0.15) is 5.10 Å². The number of nitrogens with zero attached hydrogens (tertiary/aromatic N) is 2. The summed E-state index contributed by atoms with van der Waals surface area (Å²) in [6, 6.07) is 0.196. The predicted octanol–water partition coefficient (Wildman–Crippen LogP) is 1.06. The molecule has 0 aliphatic heterocycles. The van der Waals surface area contributed by atoms with Crippen LogP contribution in [-0.2, 0) is 11.8 Å². The fourth-order valence-corrected chi connectivity index (χ4v) is 1.62. The van der Waals surface area contributed by atoms with Crippen LogP contribution < -0.4 is 10.6 Å². The molecule has 1 heterocycles. The van der Waals surface area contributed by atoms with E-state index in [2.05, 4.69) is 15.7 Å². The Balaban J connectivity index is 2.48. The van der Waals surface area contributed by atoms with E-state index in [9.17, 15) is 4.79 Å². The monoisotopic (exact) mass is 224 g/mol. The van der Waals surface area contributed by atoms with Gasteiger partial charge >= 0.3 is 0 Å². The van der Waals surface area contributed by atoms with Gasteiger partial charge in [-0.1, -0.05) is 6.92 Å². The predicted molar refractivity (Wildman–Crippen MR) is 64.3 cm³/mol. The van der Waals surface area contributed by atoms with Gasteiger partial charge in [-0.05, 0) is 20.4 Å². The highest BCUT2D eigenvalue weighted by molar-refractivity contribution is 5.91. The van der Waals surface area contributed by atoms with Crippen LogP contribution in [0.25, 0.3) is 0 Å². The first-order valence-corrected chi connectivity index (χ1v) is 5.56. The average Bonchev–Trinajstić information content (AvgIpc) is 2.44. The maximum atomic E-state index is 11.7. The maximum Gasteiger partial charge on any atom is 0.226 e. The number of anilines is 1. The third kappa shape index (κ3) is 3.66. The molecule has 1 rings (SSSR count). The number of nitrogens with one attached hydrogen (secondary N) is 2. The van der Waals surface area contributed by atoms with E-state index >= 15 is 0 Å². The molecule has 5 heteroatoms. The summed E-state index contributed by atoms with van der Waals surface area (Å²) >= 11 is 0. The Labute approximate surface area is 96.2 Å². The molecule has 90 valence electrons. The van der Waals surface area contributed by atoms with E-state index in [0.717, 1.165) is 17.9 Å². The third-order valence-electron chi connectivity index (χ3n) is 2.33. The lowest BCUT2D eigenvalue weighted by atomic mass is 10.2. The molecular weight excluding hydrogens is 204 g/mol.